The molecular weight excluding hydrogens is 236 g/mol. The van der Waals surface area contributed by atoms with Crippen molar-refractivity contribution in [2.75, 3.05) is 38.1 Å². The number of piperazine rings is 1. The maximum atomic E-state index is 4.32. The third-order valence-electron chi connectivity index (χ3n) is 3.77. The Morgan fingerprint density at radius 3 is 3.00 bits per heavy atom. The van der Waals surface area contributed by atoms with Gasteiger partial charge in [-0.1, -0.05) is 6.92 Å². The standard InChI is InChI=1S/C15H26N4/c1-4-6-16-10-14-5-7-17-11-15(14)19-9-8-18(3)12-13(19)2/h5,7,11,13,16H,4,6,8-10,12H2,1-3H3. The molecule has 0 spiro atoms. The topological polar surface area (TPSA) is 31.4 Å². The molecule has 0 amide bonds. The fourth-order valence-electron chi connectivity index (χ4n) is 2.72. The van der Waals surface area contributed by atoms with Crippen LogP contribution < -0.4 is 10.2 Å². The molecule has 106 valence electrons. The molecule has 1 unspecified atom stereocenters. The average molecular weight is 262 g/mol. The highest BCUT2D eigenvalue weighted by Crippen LogP contribution is 2.23. The Bertz CT molecular complexity index is 393. The van der Waals surface area contributed by atoms with Gasteiger partial charge in [0.1, 0.15) is 0 Å². The first-order valence-electron chi connectivity index (χ1n) is 7.31. The van der Waals surface area contributed by atoms with E-state index in [4.69, 9.17) is 0 Å². The van der Waals surface area contributed by atoms with Crippen LogP contribution in [0.5, 0.6) is 0 Å². The molecule has 0 saturated carbocycles. The smallest absolute Gasteiger partial charge is 0.0601 e. The van der Waals surface area contributed by atoms with Gasteiger partial charge >= 0.3 is 0 Å². The predicted molar refractivity (Wildman–Crippen MR) is 80.5 cm³/mol. The summed E-state index contributed by atoms with van der Waals surface area (Å²) in [6, 6.07) is 2.69. The van der Waals surface area contributed by atoms with Crippen molar-refractivity contribution < 1.29 is 0 Å². The summed E-state index contributed by atoms with van der Waals surface area (Å²) < 4.78 is 0. The molecular formula is C15H26N4. The number of rotatable bonds is 5. The van der Waals surface area contributed by atoms with Crippen LogP contribution in [0.4, 0.5) is 5.69 Å². The van der Waals surface area contributed by atoms with E-state index in [0.717, 1.165) is 32.7 Å². The quantitative estimate of drug-likeness (QED) is 0.819. The van der Waals surface area contributed by atoms with E-state index >= 15 is 0 Å². The summed E-state index contributed by atoms with van der Waals surface area (Å²) in [5, 5.41) is 3.49. The first-order valence-corrected chi connectivity index (χ1v) is 7.31. The minimum atomic E-state index is 0.549. The maximum absolute atomic E-state index is 4.32. The lowest BCUT2D eigenvalue weighted by Gasteiger charge is -2.40. The van der Waals surface area contributed by atoms with Gasteiger partial charge in [0, 0.05) is 38.4 Å². The maximum Gasteiger partial charge on any atom is 0.0601 e. The number of likely N-dealkylation sites (N-methyl/N-ethyl adjacent to an activating group) is 1. The van der Waals surface area contributed by atoms with Crippen molar-refractivity contribution in [3.8, 4) is 0 Å². The largest absolute Gasteiger partial charge is 0.365 e. The van der Waals surface area contributed by atoms with Crippen molar-refractivity contribution in [2.24, 2.45) is 0 Å². The molecule has 4 nitrogen and oxygen atoms in total. The van der Waals surface area contributed by atoms with Crippen LogP contribution in [-0.4, -0.2) is 49.2 Å². The van der Waals surface area contributed by atoms with E-state index in [-0.39, 0.29) is 0 Å². The summed E-state index contributed by atoms with van der Waals surface area (Å²) in [5.41, 5.74) is 2.66. The molecule has 1 aromatic heterocycles. The summed E-state index contributed by atoms with van der Waals surface area (Å²) in [6.07, 6.45) is 5.09. The number of pyridine rings is 1. The van der Waals surface area contributed by atoms with Gasteiger partial charge in [-0.2, -0.15) is 0 Å². The number of hydrogen-bond donors (Lipinski definition) is 1. The first-order chi connectivity index (χ1) is 9.22. The highest BCUT2D eigenvalue weighted by molar-refractivity contribution is 5.53. The highest BCUT2D eigenvalue weighted by Gasteiger charge is 2.23. The van der Waals surface area contributed by atoms with Crippen molar-refractivity contribution in [2.45, 2.75) is 32.9 Å². The van der Waals surface area contributed by atoms with E-state index in [1.54, 1.807) is 0 Å². The number of aromatic nitrogens is 1. The summed E-state index contributed by atoms with van der Waals surface area (Å²) >= 11 is 0. The minimum absolute atomic E-state index is 0.549. The first kappa shape index (κ1) is 14.3. The molecule has 2 heterocycles. The van der Waals surface area contributed by atoms with E-state index in [1.165, 1.54) is 17.7 Å². The van der Waals surface area contributed by atoms with Gasteiger partial charge in [0.15, 0.2) is 0 Å². The molecule has 0 aromatic carbocycles. The second kappa shape index (κ2) is 6.87. The van der Waals surface area contributed by atoms with E-state index in [2.05, 4.69) is 47.1 Å². The Morgan fingerprint density at radius 1 is 1.42 bits per heavy atom. The molecule has 4 heteroatoms. The van der Waals surface area contributed by atoms with Gasteiger partial charge in [-0.15, -0.1) is 0 Å². The van der Waals surface area contributed by atoms with Crippen LogP contribution in [-0.2, 0) is 6.54 Å². The third kappa shape index (κ3) is 3.67. The van der Waals surface area contributed by atoms with E-state index in [0.29, 0.717) is 6.04 Å². The van der Waals surface area contributed by atoms with Crippen LogP contribution in [0.1, 0.15) is 25.8 Å². The molecule has 1 aromatic rings. The number of hydrogen-bond acceptors (Lipinski definition) is 4. The lowest BCUT2D eigenvalue weighted by Crippen LogP contribution is -2.51. The molecule has 19 heavy (non-hydrogen) atoms. The second-order valence-corrected chi connectivity index (χ2v) is 5.49. The molecule has 0 bridgehead atoms. The Labute approximate surface area is 116 Å². The van der Waals surface area contributed by atoms with Gasteiger partial charge in [-0.25, -0.2) is 0 Å². The highest BCUT2D eigenvalue weighted by atomic mass is 15.3. The number of nitrogens with one attached hydrogen (secondary N) is 1. The van der Waals surface area contributed by atoms with Crippen LogP contribution in [0.15, 0.2) is 18.5 Å². The molecule has 0 radical (unpaired) electrons. The zero-order valence-electron chi connectivity index (χ0n) is 12.4. The van der Waals surface area contributed by atoms with Gasteiger partial charge in [0.2, 0.25) is 0 Å². The zero-order valence-corrected chi connectivity index (χ0v) is 12.4. The number of nitrogens with zero attached hydrogens (tertiary/aromatic N) is 3. The van der Waals surface area contributed by atoms with E-state index < -0.39 is 0 Å². The Balaban J connectivity index is 2.10. The molecule has 0 aliphatic carbocycles. The summed E-state index contributed by atoms with van der Waals surface area (Å²) in [4.78, 5) is 9.21. The zero-order chi connectivity index (χ0) is 13.7. The minimum Gasteiger partial charge on any atom is -0.365 e. The van der Waals surface area contributed by atoms with Gasteiger partial charge in [0.05, 0.1) is 11.9 Å². The van der Waals surface area contributed by atoms with Crippen LogP contribution in [0.25, 0.3) is 0 Å². The predicted octanol–water partition coefficient (Wildman–Crippen LogP) is 1.72. The monoisotopic (exact) mass is 262 g/mol. The van der Waals surface area contributed by atoms with Crippen LogP contribution >= 0.6 is 0 Å². The normalized spacial score (nSPS) is 20.8. The van der Waals surface area contributed by atoms with Gasteiger partial charge < -0.3 is 15.1 Å². The van der Waals surface area contributed by atoms with Crippen LogP contribution in [0, 0.1) is 0 Å². The Hall–Kier alpha value is -1.13. The molecule has 1 N–H and O–H groups in total. The second-order valence-electron chi connectivity index (χ2n) is 5.49. The Kier molecular flexibility index (Phi) is 5.16. The van der Waals surface area contributed by atoms with Crippen molar-refractivity contribution in [3.05, 3.63) is 24.0 Å². The molecule has 1 fully saturated rings. The van der Waals surface area contributed by atoms with Crippen LogP contribution in [0.3, 0.4) is 0 Å². The van der Waals surface area contributed by atoms with Crippen molar-refractivity contribution in [1.82, 2.24) is 15.2 Å². The number of anilines is 1. The Morgan fingerprint density at radius 2 is 2.26 bits per heavy atom. The summed E-state index contributed by atoms with van der Waals surface area (Å²) in [5.74, 6) is 0. The molecule has 1 aliphatic heterocycles. The fourth-order valence-corrected chi connectivity index (χ4v) is 2.72. The third-order valence-corrected chi connectivity index (χ3v) is 3.77. The summed E-state index contributed by atoms with van der Waals surface area (Å²) in [6.45, 7) is 9.83. The van der Waals surface area contributed by atoms with Crippen molar-refractivity contribution in [3.63, 3.8) is 0 Å². The lowest BCUT2D eigenvalue weighted by atomic mass is 10.1. The van der Waals surface area contributed by atoms with E-state index in [9.17, 15) is 0 Å². The van der Waals surface area contributed by atoms with Crippen LogP contribution in [0.2, 0.25) is 0 Å². The molecule has 1 saturated heterocycles. The van der Waals surface area contributed by atoms with Gasteiger partial charge in [0.25, 0.3) is 0 Å². The van der Waals surface area contributed by atoms with Crippen molar-refractivity contribution >= 4 is 5.69 Å². The summed E-state index contributed by atoms with van der Waals surface area (Å²) in [7, 11) is 2.20. The molecule has 1 aliphatic rings. The van der Waals surface area contributed by atoms with Gasteiger partial charge in [-0.05, 0) is 38.6 Å². The lowest BCUT2D eigenvalue weighted by molar-refractivity contribution is 0.275. The SMILES string of the molecule is CCCNCc1ccncc1N1CCN(C)CC1C. The van der Waals surface area contributed by atoms with E-state index in [1.807, 2.05) is 12.4 Å². The van der Waals surface area contributed by atoms with Gasteiger partial charge in [-0.3, -0.25) is 4.98 Å². The molecule has 1 atom stereocenters. The fraction of sp³-hybridized carbons (Fsp3) is 0.667. The molecule has 2 rings (SSSR count). The average Bonchev–Trinajstić information content (AvgIpc) is 2.40. The van der Waals surface area contributed by atoms with Crippen molar-refractivity contribution in [1.29, 1.82) is 0 Å².